The van der Waals surface area contributed by atoms with Gasteiger partial charge >= 0.3 is 6.03 Å². The predicted octanol–water partition coefficient (Wildman–Crippen LogP) is 4.80. The molecule has 5 N–H and O–H groups in total. The number of nitrogens with two attached hydrogens (primary N) is 1. The van der Waals surface area contributed by atoms with Crippen molar-refractivity contribution in [1.29, 1.82) is 0 Å². The van der Waals surface area contributed by atoms with E-state index >= 15 is 0 Å². The highest BCUT2D eigenvalue weighted by molar-refractivity contribution is 6.37. The Balaban J connectivity index is 1.55. The van der Waals surface area contributed by atoms with Crippen LogP contribution in [0, 0.1) is 40.4 Å². The molecule has 5 fully saturated rings. The molecule has 9 heteroatoms. The molecular weight excluding hydrogens is 544 g/mol. The molecule has 0 heterocycles. The summed E-state index contributed by atoms with van der Waals surface area (Å²) in [6.45, 7) is 12.3. The first-order chi connectivity index (χ1) is 20.1. The van der Waals surface area contributed by atoms with Crippen LogP contribution in [-0.2, 0) is 19.2 Å². The Morgan fingerprint density at radius 3 is 2.09 bits per heavy atom. The number of ketones is 2. The summed E-state index contributed by atoms with van der Waals surface area (Å²) in [5.41, 5.74) is 4.43. The molecule has 2 bridgehead atoms. The van der Waals surface area contributed by atoms with Crippen LogP contribution in [0.3, 0.4) is 0 Å². The lowest BCUT2D eigenvalue weighted by Crippen LogP contribution is -2.65. The molecule has 5 rings (SSSR count). The minimum atomic E-state index is -1.05. The minimum absolute atomic E-state index is 0.0299. The summed E-state index contributed by atoms with van der Waals surface area (Å²) in [5, 5.41) is 9.23. The highest BCUT2D eigenvalue weighted by Crippen LogP contribution is 2.63. The Morgan fingerprint density at radius 2 is 1.58 bits per heavy atom. The summed E-state index contributed by atoms with van der Waals surface area (Å²) in [4.78, 5) is 66.7. The first-order valence-corrected chi connectivity index (χ1v) is 16.9. The summed E-state index contributed by atoms with van der Waals surface area (Å²) in [6.07, 6.45) is 11.9. The fraction of sp³-hybridized carbons (Fsp3) is 0.853. The number of carbonyl (C=O) groups excluding carboxylic acids is 5. The van der Waals surface area contributed by atoms with Gasteiger partial charge in [-0.3, -0.25) is 19.2 Å². The van der Waals surface area contributed by atoms with Crippen LogP contribution >= 0.6 is 0 Å². The first kappa shape index (κ1) is 33.4. The maximum absolute atomic E-state index is 14.5. The fourth-order valence-electron chi connectivity index (χ4n) is 8.67. The third kappa shape index (κ3) is 7.11. The van der Waals surface area contributed by atoms with E-state index in [0.717, 1.165) is 64.2 Å². The van der Waals surface area contributed by atoms with E-state index in [4.69, 9.17) is 5.73 Å². The number of urea groups is 1. The van der Waals surface area contributed by atoms with Gasteiger partial charge in [0, 0.05) is 11.5 Å². The lowest BCUT2D eigenvalue weighted by Gasteiger charge is -2.62. The number of primary amides is 1. The van der Waals surface area contributed by atoms with Crippen LogP contribution in [0.1, 0.15) is 125 Å². The van der Waals surface area contributed by atoms with Crippen molar-refractivity contribution in [2.45, 2.75) is 143 Å². The molecule has 0 aliphatic heterocycles. The predicted molar refractivity (Wildman–Crippen MR) is 166 cm³/mol. The van der Waals surface area contributed by atoms with Crippen LogP contribution < -0.4 is 21.7 Å². The second kappa shape index (κ2) is 12.9. The molecule has 0 spiro atoms. The van der Waals surface area contributed by atoms with Gasteiger partial charge in [0.05, 0.1) is 18.0 Å². The van der Waals surface area contributed by atoms with Gasteiger partial charge in [0.15, 0.2) is 5.78 Å². The summed E-state index contributed by atoms with van der Waals surface area (Å²) < 4.78 is 0. The average Bonchev–Trinajstić information content (AvgIpc) is 2.91. The molecule has 5 aliphatic rings. The van der Waals surface area contributed by atoms with Crippen LogP contribution in [0.4, 0.5) is 4.79 Å². The monoisotopic (exact) mass is 600 g/mol. The van der Waals surface area contributed by atoms with Crippen molar-refractivity contribution in [2.75, 3.05) is 0 Å². The van der Waals surface area contributed by atoms with Crippen LogP contribution in [-0.4, -0.2) is 47.0 Å². The number of hydrogen-bond acceptors (Lipinski definition) is 5. The molecule has 5 saturated carbocycles. The van der Waals surface area contributed by atoms with E-state index in [2.05, 4.69) is 36.7 Å². The van der Waals surface area contributed by atoms with Crippen LogP contribution in [0.15, 0.2) is 0 Å². The minimum Gasteiger partial charge on any atom is -0.363 e. The molecule has 2 unspecified atom stereocenters. The van der Waals surface area contributed by atoms with Gasteiger partial charge in [0.2, 0.25) is 11.7 Å². The molecule has 6 atom stereocenters. The number of hydrogen-bond donors (Lipinski definition) is 4. The maximum atomic E-state index is 14.5. The SMILES string of the molecule is CCCC1(NC(=O)N[C@H](C(=O)C2C[C@H]3C[C@@H]([C@H]2C(=O)NC(CC2CCC2)C(=O)C(N)=O)C3(C)C)C(C)(C)C)CCCCC1. The number of nitrogens with one attached hydrogen (secondary N) is 3. The van der Waals surface area contributed by atoms with Gasteiger partial charge in [-0.1, -0.05) is 86.5 Å². The van der Waals surface area contributed by atoms with Crippen molar-refractivity contribution in [1.82, 2.24) is 16.0 Å². The van der Waals surface area contributed by atoms with E-state index in [1.807, 2.05) is 20.8 Å². The van der Waals surface area contributed by atoms with Crippen LogP contribution in [0.2, 0.25) is 0 Å². The standard InChI is InChI=1S/C34H56N4O5/c1-7-14-34(15-9-8-10-16-34)38-31(43)37-28(32(2,3)4)26(39)22-18-21-19-23(33(21,5)6)25(22)30(42)36-24(27(40)29(35)41)17-20-12-11-13-20/h20-25,28H,7-19H2,1-6H3,(H2,35,41)(H,36,42)(H2,37,38,43)/t21-,22?,23-,24?,25-,28+/m0/s1. The first-order valence-electron chi connectivity index (χ1n) is 16.9. The molecule has 0 radical (unpaired) electrons. The summed E-state index contributed by atoms with van der Waals surface area (Å²) in [7, 11) is 0. The van der Waals surface area contributed by atoms with Gasteiger partial charge < -0.3 is 21.7 Å². The van der Waals surface area contributed by atoms with E-state index in [0.29, 0.717) is 18.8 Å². The number of amides is 4. The van der Waals surface area contributed by atoms with Gasteiger partial charge in [-0.2, -0.15) is 0 Å². The zero-order chi connectivity index (χ0) is 31.7. The molecule has 5 aliphatic carbocycles. The molecule has 0 aromatic rings. The summed E-state index contributed by atoms with van der Waals surface area (Å²) >= 11 is 0. The zero-order valence-electron chi connectivity index (χ0n) is 27.4. The van der Waals surface area contributed by atoms with E-state index in [1.54, 1.807) is 0 Å². The van der Waals surface area contributed by atoms with Gasteiger partial charge in [0.25, 0.3) is 5.91 Å². The van der Waals surface area contributed by atoms with Gasteiger partial charge in [-0.05, 0) is 67.1 Å². The second-order valence-corrected chi connectivity index (χ2v) is 15.9. The molecule has 4 amide bonds. The number of rotatable bonds is 12. The van der Waals surface area contributed by atoms with E-state index in [9.17, 15) is 24.0 Å². The van der Waals surface area contributed by atoms with Gasteiger partial charge in [-0.25, -0.2) is 4.79 Å². The zero-order valence-corrected chi connectivity index (χ0v) is 27.4. The Morgan fingerprint density at radius 1 is 0.930 bits per heavy atom. The highest BCUT2D eigenvalue weighted by Gasteiger charge is 2.62. The number of carbonyl (C=O) groups is 5. The highest BCUT2D eigenvalue weighted by atomic mass is 16.2. The van der Waals surface area contributed by atoms with E-state index in [-0.39, 0.29) is 40.5 Å². The Bertz CT molecular complexity index is 1080. The topological polar surface area (TPSA) is 147 Å². The Labute approximate surface area is 258 Å². The number of Topliss-reactive ketones (excluding diaryl/α,β-unsaturated/α-hetero) is 2. The molecular formula is C34H56N4O5. The molecule has 0 aromatic carbocycles. The normalized spacial score (nSPS) is 29.2. The molecule has 9 nitrogen and oxygen atoms in total. The quantitative estimate of drug-likeness (QED) is 0.238. The molecule has 43 heavy (non-hydrogen) atoms. The fourth-order valence-corrected chi connectivity index (χ4v) is 8.67. The van der Waals surface area contributed by atoms with Crippen molar-refractivity contribution in [2.24, 2.45) is 46.2 Å². The van der Waals surface area contributed by atoms with E-state index < -0.39 is 41.0 Å². The van der Waals surface area contributed by atoms with Gasteiger partial charge in [0.1, 0.15) is 0 Å². The average molecular weight is 601 g/mol. The maximum Gasteiger partial charge on any atom is 0.315 e. The molecule has 0 saturated heterocycles. The van der Waals surface area contributed by atoms with Crippen LogP contribution in [0.25, 0.3) is 0 Å². The Kier molecular flexibility index (Phi) is 10.0. The van der Waals surface area contributed by atoms with Crippen molar-refractivity contribution in [3.8, 4) is 0 Å². The lowest BCUT2D eigenvalue weighted by atomic mass is 9.42. The lowest BCUT2D eigenvalue weighted by molar-refractivity contribution is -0.170. The van der Waals surface area contributed by atoms with Gasteiger partial charge in [-0.15, -0.1) is 0 Å². The largest absolute Gasteiger partial charge is 0.363 e. The smallest absolute Gasteiger partial charge is 0.315 e. The van der Waals surface area contributed by atoms with Crippen molar-refractivity contribution < 1.29 is 24.0 Å². The third-order valence-corrected chi connectivity index (χ3v) is 11.6. The third-order valence-electron chi connectivity index (χ3n) is 11.6. The van der Waals surface area contributed by atoms with Crippen molar-refractivity contribution >= 4 is 29.4 Å². The summed E-state index contributed by atoms with van der Waals surface area (Å²) in [5.74, 6) is -2.99. The Hall–Kier alpha value is -2.45. The summed E-state index contributed by atoms with van der Waals surface area (Å²) in [6, 6.07) is -2.08. The van der Waals surface area contributed by atoms with Crippen molar-refractivity contribution in [3.05, 3.63) is 0 Å². The van der Waals surface area contributed by atoms with E-state index in [1.165, 1.54) is 6.42 Å². The molecule has 242 valence electrons. The van der Waals surface area contributed by atoms with Crippen molar-refractivity contribution in [3.63, 3.8) is 0 Å². The second-order valence-electron chi connectivity index (χ2n) is 15.9. The number of fused-ring (bicyclic) bond motifs is 2. The molecule has 0 aromatic heterocycles. The van der Waals surface area contributed by atoms with Crippen LogP contribution in [0.5, 0.6) is 0 Å².